The standard InChI is InChI=1S/C30H26F4N2O5S3/c31-24-4-2-18(14-23(24)30(32,33)34)21-13-22(43-17-21)15-26-27(37)36(29(42)44-26)6-1-9-41-25-5-3-19(28(38)39)12-20(25)16-35-7-10-40-11-8-35/h2-5,12-15,17H,1,6-11,16H2,(H,38,39). The molecule has 0 aliphatic carbocycles. The van der Waals surface area contributed by atoms with Gasteiger partial charge in [-0.1, -0.05) is 30.0 Å². The van der Waals surface area contributed by atoms with Crippen molar-refractivity contribution in [3.63, 3.8) is 0 Å². The second kappa shape index (κ2) is 13.8. The van der Waals surface area contributed by atoms with E-state index in [4.69, 9.17) is 21.7 Å². The molecule has 2 aromatic carbocycles. The van der Waals surface area contributed by atoms with Gasteiger partial charge in [0.15, 0.2) is 0 Å². The van der Waals surface area contributed by atoms with E-state index >= 15 is 0 Å². The zero-order valence-electron chi connectivity index (χ0n) is 23.1. The highest BCUT2D eigenvalue weighted by atomic mass is 32.2. The van der Waals surface area contributed by atoms with E-state index in [0.29, 0.717) is 58.1 Å². The summed E-state index contributed by atoms with van der Waals surface area (Å²) in [5.74, 6) is -2.07. The molecular weight excluding hydrogens is 641 g/mol. The van der Waals surface area contributed by atoms with Crippen LogP contribution in [0.5, 0.6) is 5.75 Å². The molecule has 7 nitrogen and oxygen atoms in total. The molecule has 232 valence electrons. The van der Waals surface area contributed by atoms with Gasteiger partial charge in [0.25, 0.3) is 5.91 Å². The zero-order chi connectivity index (χ0) is 31.4. The maximum Gasteiger partial charge on any atom is 0.419 e. The number of amides is 1. The number of carbonyl (C=O) groups is 2. The number of thiocarbonyl (C=S) groups is 1. The second-order valence-electron chi connectivity index (χ2n) is 9.98. The summed E-state index contributed by atoms with van der Waals surface area (Å²) in [4.78, 5) is 29.3. The van der Waals surface area contributed by atoms with Crippen LogP contribution >= 0.6 is 35.3 Å². The topological polar surface area (TPSA) is 79.3 Å². The summed E-state index contributed by atoms with van der Waals surface area (Å²) in [6, 6.07) is 9.24. The van der Waals surface area contributed by atoms with Crippen LogP contribution in [0.3, 0.4) is 0 Å². The second-order valence-corrected chi connectivity index (χ2v) is 12.6. The smallest absolute Gasteiger partial charge is 0.419 e. The number of carbonyl (C=O) groups excluding carboxylic acids is 1. The van der Waals surface area contributed by atoms with Crippen molar-refractivity contribution in [2.45, 2.75) is 19.1 Å². The Bertz CT molecular complexity index is 1600. The van der Waals surface area contributed by atoms with Gasteiger partial charge >= 0.3 is 12.1 Å². The number of carboxylic acid groups (broad SMARTS) is 1. The van der Waals surface area contributed by atoms with Crippen molar-refractivity contribution in [3.05, 3.63) is 80.1 Å². The van der Waals surface area contributed by atoms with Crippen molar-refractivity contribution in [1.29, 1.82) is 0 Å². The molecule has 0 spiro atoms. The number of aromatic carboxylic acids is 1. The number of thiophene rings is 1. The summed E-state index contributed by atoms with van der Waals surface area (Å²) in [6.45, 7) is 3.78. The molecule has 1 aromatic heterocycles. The number of morpholine rings is 1. The first-order chi connectivity index (χ1) is 21.0. The third-order valence-electron chi connectivity index (χ3n) is 6.96. The summed E-state index contributed by atoms with van der Waals surface area (Å²) in [6.07, 6.45) is -2.71. The van der Waals surface area contributed by atoms with Crippen molar-refractivity contribution in [3.8, 4) is 16.9 Å². The minimum absolute atomic E-state index is 0.173. The molecule has 1 amide bonds. The molecule has 2 aliphatic heterocycles. The third-order valence-corrected chi connectivity index (χ3v) is 9.22. The van der Waals surface area contributed by atoms with Crippen molar-refractivity contribution in [2.24, 2.45) is 0 Å². The highest BCUT2D eigenvalue weighted by Crippen LogP contribution is 2.37. The number of halogens is 4. The molecule has 14 heteroatoms. The summed E-state index contributed by atoms with van der Waals surface area (Å²) >= 11 is 7.80. The Morgan fingerprint density at radius 3 is 2.61 bits per heavy atom. The molecule has 0 saturated carbocycles. The van der Waals surface area contributed by atoms with Crippen LogP contribution in [0, 0.1) is 5.82 Å². The number of hydrogen-bond acceptors (Lipinski definition) is 8. The molecule has 2 saturated heterocycles. The fourth-order valence-corrected chi connectivity index (χ4v) is 6.93. The van der Waals surface area contributed by atoms with Gasteiger partial charge in [-0.3, -0.25) is 14.6 Å². The third kappa shape index (κ3) is 7.67. The highest BCUT2D eigenvalue weighted by Gasteiger charge is 2.34. The average molecular weight is 667 g/mol. The van der Waals surface area contributed by atoms with Crippen LogP contribution in [-0.4, -0.2) is 70.6 Å². The first-order valence-electron chi connectivity index (χ1n) is 13.5. The molecular formula is C30H26F4N2O5S3. The van der Waals surface area contributed by atoms with Crippen molar-refractivity contribution < 1.29 is 41.7 Å². The lowest BCUT2D eigenvalue weighted by Gasteiger charge is -2.27. The zero-order valence-corrected chi connectivity index (χ0v) is 25.5. The Labute approximate surface area is 264 Å². The van der Waals surface area contributed by atoms with Gasteiger partial charge in [-0.2, -0.15) is 13.2 Å². The number of ether oxygens (including phenoxy) is 2. The molecule has 1 N–H and O–H groups in total. The fourth-order valence-electron chi connectivity index (χ4n) is 4.71. The molecule has 5 rings (SSSR count). The van der Waals surface area contributed by atoms with E-state index in [1.54, 1.807) is 29.7 Å². The maximum absolute atomic E-state index is 13.7. The van der Waals surface area contributed by atoms with Gasteiger partial charge in [-0.05, 0) is 65.4 Å². The van der Waals surface area contributed by atoms with E-state index in [-0.39, 0.29) is 23.6 Å². The Hall–Kier alpha value is -3.30. The van der Waals surface area contributed by atoms with E-state index in [0.717, 1.165) is 42.5 Å². The normalized spacial score (nSPS) is 17.1. The predicted octanol–water partition coefficient (Wildman–Crippen LogP) is 6.77. The summed E-state index contributed by atoms with van der Waals surface area (Å²) < 4.78 is 64.9. The van der Waals surface area contributed by atoms with E-state index in [2.05, 4.69) is 4.90 Å². The molecule has 0 bridgehead atoms. The van der Waals surface area contributed by atoms with Gasteiger partial charge in [-0.15, -0.1) is 11.3 Å². The largest absolute Gasteiger partial charge is 0.493 e. The van der Waals surface area contributed by atoms with Crippen LogP contribution in [0.15, 0.2) is 52.7 Å². The van der Waals surface area contributed by atoms with Crippen LogP contribution in [0.2, 0.25) is 0 Å². The molecule has 2 aliphatic rings. The number of alkyl halides is 3. The lowest BCUT2D eigenvalue weighted by atomic mass is 10.0. The molecule has 0 radical (unpaired) electrons. The number of thioether (sulfide) groups is 1. The average Bonchev–Trinajstić information content (AvgIpc) is 3.55. The summed E-state index contributed by atoms with van der Waals surface area (Å²) in [7, 11) is 0. The Balaban J connectivity index is 1.20. The molecule has 44 heavy (non-hydrogen) atoms. The predicted molar refractivity (Wildman–Crippen MR) is 164 cm³/mol. The SMILES string of the molecule is O=C(O)c1ccc(OCCCN2C(=O)C(=Cc3cc(-c4ccc(F)c(C(F)(F)F)c4)cs3)SC2=S)c(CN2CCOCC2)c1. The van der Waals surface area contributed by atoms with Gasteiger partial charge in [0.2, 0.25) is 0 Å². The Kier molecular flexibility index (Phi) is 10.1. The number of rotatable bonds is 10. The number of carboxylic acids is 1. The lowest BCUT2D eigenvalue weighted by Crippen LogP contribution is -2.35. The van der Waals surface area contributed by atoms with Gasteiger partial charge in [0.1, 0.15) is 15.9 Å². The van der Waals surface area contributed by atoms with E-state index in [1.807, 2.05) is 0 Å². The summed E-state index contributed by atoms with van der Waals surface area (Å²) in [5, 5.41) is 11.1. The van der Waals surface area contributed by atoms with E-state index in [1.165, 1.54) is 28.4 Å². The molecule has 3 heterocycles. The molecule has 2 fully saturated rings. The van der Waals surface area contributed by atoms with Gasteiger partial charge in [0.05, 0.1) is 35.9 Å². The van der Waals surface area contributed by atoms with Gasteiger partial charge in [-0.25, -0.2) is 9.18 Å². The molecule has 0 atom stereocenters. The highest BCUT2D eigenvalue weighted by molar-refractivity contribution is 8.26. The first kappa shape index (κ1) is 32.1. The van der Waals surface area contributed by atoms with E-state index in [9.17, 15) is 32.3 Å². The van der Waals surface area contributed by atoms with Crippen molar-refractivity contribution in [2.75, 3.05) is 39.5 Å². The van der Waals surface area contributed by atoms with Gasteiger partial charge in [0, 0.05) is 36.6 Å². The number of nitrogens with zero attached hydrogens (tertiary/aromatic N) is 2. The molecule has 3 aromatic rings. The fraction of sp³-hybridized carbons (Fsp3) is 0.300. The van der Waals surface area contributed by atoms with Crippen LogP contribution in [0.4, 0.5) is 17.6 Å². The van der Waals surface area contributed by atoms with Crippen LogP contribution in [0.1, 0.15) is 32.8 Å². The monoisotopic (exact) mass is 666 g/mol. The minimum atomic E-state index is -4.81. The van der Waals surface area contributed by atoms with Gasteiger partial charge < -0.3 is 14.6 Å². The quantitative estimate of drug-likeness (QED) is 0.110. The number of hydrogen-bond donors (Lipinski definition) is 1. The lowest BCUT2D eigenvalue weighted by molar-refractivity contribution is -0.140. The summed E-state index contributed by atoms with van der Waals surface area (Å²) in [5.41, 5.74) is 0.285. The Morgan fingerprint density at radius 1 is 1.11 bits per heavy atom. The first-order valence-corrected chi connectivity index (χ1v) is 15.6. The molecule has 0 unspecified atom stereocenters. The van der Waals surface area contributed by atoms with Crippen LogP contribution in [-0.2, 0) is 22.3 Å². The van der Waals surface area contributed by atoms with E-state index < -0.39 is 23.5 Å². The van der Waals surface area contributed by atoms with Crippen LogP contribution in [0.25, 0.3) is 17.2 Å². The Morgan fingerprint density at radius 2 is 1.89 bits per heavy atom. The van der Waals surface area contributed by atoms with Crippen LogP contribution < -0.4 is 4.74 Å². The maximum atomic E-state index is 13.7. The van der Waals surface area contributed by atoms with Crippen molar-refractivity contribution in [1.82, 2.24) is 9.80 Å². The number of benzene rings is 2. The minimum Gasteiger partial charge on any atom is -0.493 e. The van der Waals surface area contributed by atoms with Crippen molar-refractivity contribution >= 4 is 57.6 Å².